The Balaban J connectivity index is 1.75. The molecule has 5 rings (SSSR count). The Bertz CT molecular complexity index is 1430. The van der Waals surface area contributed by atoms with Crippen LogP contribution in [-0.4, -0.2) is 12.5 Å². The maximum absolute atomic E-state index is 13.7. The smallest absolute Gasteiger partial charge is 0.295 e. The number of aryl methyl sites for hydroxylation is 3. The molecule has 1 aliphatic heterocycles. The quantitative estimate of drug-likeness (QED) is 0.399. The molecule has 0 saturated heterocycles. The van der Waals surface area contributed by atoms with Crippen molar-refractivity contribution in [2.75, 3.05) is 11.5 Å². The van der Waals surface area contributed by atoms with Crippen molar-refractivity contribution in [3.8, 4) is 5.75 Å². The number of hydrogen-bond acceptors (Lipinski definition) is 4. The van der Waals surface area contributed by atoms with Crippen LogP contribution in [0.3, 0.4) is 0 Å². The van der Waals surface area contributed by atoms with Crippen molar-refractivity contribution >= 4 is 22.6 Å². The van der Waals surface area contributed by atoms with E-state index in [0.717, 1.165) is 28.0 Å². The molecule has 3 aromatic carbocycles. The van der Waals surface area contributed by atoms with Crippen molar-refractivity contribution < 1.29 is 13.9 Å². The maximum atomic E-state index is 13.7. The van der Waals surface area contributed by atoms with Gasteiger partial charge in [-0.25, -0.2) is 0 Å². The highest BCUT2D eigenvalue weighted by atomic mass is 16.5. The number of anilines is 1. The summed E-state index contributed by atoms with van der Waals surface area (Å²) in [7, 11) is 0. The lowest BCUT2D eigenvalue weighted by Gasteiger charge is -2.25. The zero-order chi connectivity index (χ0) is 23.3. The van der Waals surface area contributed by atoms with E-state index >= 15 is 0 Å². The molecular weight excluding hydrogens is 414 g/mol. The third-order valence-corrected chi connectivity index (χ3v) is 6.31. The lowest BCUT2D eigenvalue weighted by atomic mass is 9.96. The lowest BCUT2D eigenvalue weighted by Crippen LogP contribution is -2.29. The molecule has 0 saturated carbocycles. The standard InChI is InChI=1S/C28H25NO4/c1-5-32-21-12-10-20(11-13-21)29-25(19-8-6-16(2)7-9-19)24-26(30)22-14-17(3)18(4)15-23(22)33-27(24)28(29)31/h6-15,25H,5H2,1-4H3. The summed E-state index contributed by atoms with van der Waals surface area (Å²) in [5.74, 6) is 0.510. The highest BCUT2D eigenvalue weighted by Gasteiger charge is 2.43. The molecule has 2 heterocycles. The summed E-state index contributed by atoms with van der Waals surface area (Å²) in [4.78, 5) is 29.1. The summed E-state index contributed by atoms with van der Waals surface area (Å²) < 4.78 is 11.7. The van der Waals surface area contributed by atoms with Crippen molar-refractivity contribution in [2.45, 2.75) is 33.7 Å². The molecule has 5 heteroatoms. The molecule has 0 radical (unpaired) electrons. The van der Waals surface area contributed by atoms with Gasteiger partial charge in [0.1, 0.15) is 11.3 Å². The molecule has 1 amide bonds. The van der Waals surface area contributed by atoms with Crippen molar-refractivity contribution in [3.05, 3.63) is 104 Å². The lowest BCUT2D eigenvalue weighted by molar-refractivity contribution is 0.0971. The number of ether oxygens (including phenoxy) is 1. The number of rotatable bonds is 4. The highest BCUT2D eigenvalue weighted by molar-refractivity contribution is 6.10. The molecule has 0 fully saturated rings. The van der Waals surface area contributed by atoms with Gasteiger partial charge in [-0.2, -0.15) is 0 Å². The first-order chi connectivity index (χ1) is 15.9. The average Bonchev–Trinajstić information content (AvgIpc) is 3.09. The minimum absolute atomic E-state index is 0.107. The summed E-state index contributed by atoms with van der Waals surface area (Å²) in [5, 5.41) is 0.496. The van der Waals surface area contributed by atoms with Crippen molar-refractivity contribution in [1.29, 1.82) is 0 Å². The fourth-order valence-electron chi connectivity index (χ4n) is 4.43. The second-order valence-corrected chi connectivity index (χ2v) is 8.52. The normalized spacial score (nSPS) is 15.2. The van der Waals surface area contributed by atoms with Crippen molar-refractivity contribution in [1.82, 2.24) is 0 Å². The van der Waals surface area contributed by atoms with Gasteiger partial charge in [-0.15, -0.1) is 0 Å². The van der Waals surface area contributed by atoms with Gasteiger partial charge in [0, 0.05) is 5.69 Å². The number of fused-ring (bicyclic) bond motifs is 2. The Hall–Kier alpha value is -3.86. The van der Waals surface area contributed by atoms with E-state index in [1.807, 2.05) is 88.4 Å². The van der Waals surface area contributed by atoms with Crippen LogP contribution in [0.1, 0.15) is 51.3 Å². The van der Waals surface area contributed by atoms with E-state index in [9.17, 15) is 9.59 Å². The van der Waals surface area contributed by atoms with E-state index in [4.69, 9.17) is 9.15 Å². The molecule has 0 N–H and O–H groups in total. The number of amides is 1. The molecule has 166 valence electrons. The summed E-state index contributed by atoms with van der Waals surface area (Å²) >= 11 is 0. The van der Waals surface area contributed by atoms with Crippen LogP contribution in [0.4, 0.5) is 5.69 Å². The predicted octanol–water partition coefficient (Wildman–Crippen LogP) is 5.87. The molecule has 1 unspecified atom stereocenters. The zero-order valence-corrected chi connectivity index (χ0v) is 19.1. The van der Waals surface area contributed by atoms with Gasteiger partial charge in [0.15, 0.2) is 5.43 Å². The summed E-state index contributed by atoms with van der Waals surface area (Å²) in [6, 6.07) is 18.4. The van der Waals surface area contributed by atoms with Gasteiger partial charge in [-0.05, 0) is 80.8 Å². The first-order valence-electron chi connectivity index (χ1n) is 11.1. The van der Waals surface area contributed by atoms with E-state index in [1.165, 1.54) is 0 Å². The van der Waals surface area contributed by atoms with E-state index in [0.29, 0.717) is 28.8 Å². The molecule has 33 heavy (non-hydrogen) atoms. The second-order valence-electron chi connectivity index (χ2n) is 8.52. The molecule has 1 aromatic heterocycles. The second kappa shape index (κ2) is 7.93. The number of carbonyl (C=O) groups excluding carboxylic acids is 1. The fraction of sp³-hybridized carbons (Fsp3) is 0.214. The van der Waals surface area contributed by atoms with E-state index in [1.54, 1.807) is 4.90 Å². The fourth-order valence-corrected chi connectivity index (χ4v) is 4.43. The van der Waals surface area contributed by atoms with Crippen LogP contribution in [-0.2, 0) is 0 Å². The van der Waals surface area contributed by atoms with Crippen molar-refractivity contribution in [2.24, 2.45) is 0 Å². The molecule has 0 aliphatic carbocycles. The number of hydrogen-bond donors (Lipinski definition) is 0. The Labute approximate surface area is 192 Å². The SMILES string of the molecule is CCOc1ccc(N2C(=O)c3oc4cc(C)c(C)cc4c(=O)c3C2c2ccc(C)cc2)cc1. The minimum atomic E-state index is -0.576. The van der Waals surface area contributed by atoms with Crippen LogP contribution < -0.4 is 15.1 Å². The summed E-state index contributed by atoms with van der Waals surface area (Å²) in [5.41, 5.74) is 5.31. The number of carbonyl (C=O) groups is 1. The third kappa shape index (κ3) is 3.41. The highest BCUT2D eigenvalue weighted by Crippen LogP contribution is 2.41. The third-order valence-electron chi connectivity index (χ3n) is 6.31. The van der Waals surface area contributed by atoms with Crippen LogP contribution >= 0.6 is 0 Å². The molecule has 1 atom stereocenters. The Morgan fingerprint density at radius 2 is 1.58 bits per heavy atom. The summed E-state index contributed by atoms with van der Waals surface area (Å²) in [6.07, 6.45) is 0. The molecule has 1 aliphatic rings. The largest absolute Gasteiger partial charge is 0.494 e. The monoisotopic (exact) mass is 439 g/mol. The molecule has 0 bridgehead atoms. The molecule has 4 aromatic rings. The Morgan fingerprint density at radius 3 is 2.24 bits per heavy atom. The van der Waals surface area contributed by atoms with Gasteiger partial charge in [-0.3, -0.25) is 14.5 Å². The van der Waals surface area contributed by atoms with E-state index in [-0.39, 0.29) is 17.1 Å². The zero-order valence-electron chi connectivity index (χ0n) is 19.1. The van der Waals surface area contributed by atoms with Gasteiger partial charge >= 0.3 is 0 Å². The Kier molecular flexibility index (Phi) is 5.05. The number of nitrogens with zero attached hydrogens (tertiary/aromatic N) is 1. The number of benzene rings is 3. The van der Waals surface area contributed by atoms with Crippen LogP contribution in [0.25, 0.3) is 11.0 Å². The average molecular weight is 440 g/mol. The molecule has 0 spiro atoms. The van der Waals surface area contributed by atoms with Gasteiger partial charge in [0.05, 0.1) is 23.6 Å². The van der Waals surface area contributed by atoms with E-state index in [2.05, 4.69) is 0 Å². The predicted molar refractivity (Wildman–Crippen MR) is 129 cm³/mol. The van der Waals surface area contributed by atoms with Crippen LogP contribution in [0.15, 0.2) is 69.9 Å². The van der Waals surface area contributed by atoms with Gasteiger partial charge < -0.3 is 9.15 Å². The van der Waals surface area contributed by atoms with Crippen LogP contribution in [0.5, 0.6) is 5.75 Å². The maximum Gasteiger partial charge on any atom is 0.295 e. The van der Waals surface area contributed by atoms with Gasteiger partial charge in [0.2, 0.25) is 5.76 Å². The summed E-state index contributed by atoms with van der Waals surface area (Å²) in [6.45, 7) is 8.42. The van der Waals surface area contributed by atoms with Gasteiger partial charge in [0.25, 0.3) is 5.91 Å². The Morgan fingerprint density at radius 1 is 0.909 bits per heavy atom. The van der Waals surface area contributed by atoms with Gasteiger partial charge in [-0.1, -0.05) is 29.8 Å². The first kappa shape index (κ1) is 21.0. The van der Waals surface area contributed by atoms with Crippen molar-refractivity contribution in [3.63, 3.8) is 0 Å². The molecule has 5 nitrogen and oxygen atoms in total. The topological polar surface area (TPSA) is 59.8 Å². The van der Waals surface area contributed by atoms with E-state index < -0.39 is 6.04 Å². The van der Waals surface area contributed by atoms with Crippen LogP contribution in [0.2, 0.25) is 0 Å². The van der Waals surface area contributed by atoms with Crippen LogP contribution in [0, 0.1) is 20.8 Å². The molecular formula is C28H25NO4. The first-order valence-corrected chi connectivity index (χ1v) is 11.1. The minimum Gasteiger partial charge on any atom is -0.494 e.